The number of hydrogen-bond donors (Lipinski definition) is 2. The van der Waals surface area contributed by atoms with Crippen LogP contribution in [0.1, 0.15) is 34.7 Å². The fraction of sp³-hybridized carbons (Fsp3) is 0.321. The van der Waals surface area contributed by atoms with Gasteiger partial charge in [-0.25, -0.2) is 4.79 Å². The molecule has 2 aliphatic heterocycles. The molecular weight excluding hydrogens is 583 g/mol. The molecule has 3 fully saturated rings. The van der Waals surface area contributed by atoms with Crippen molar-refractivity contribution in [3.63, 3.8) is 0 Å². The first-order chi connectivity index (χ1) is 18.8. The molecule has 9 nitrogen and oxygen atoms in total. The second kappa shape index (κ2) is 8.80. The minimum atomic E-state index is -2.04. The lowest BCUT2D eigenvalue weighted by molar-refractivity contribution is -0.138. The van der Waals surface area contributed by atoms with Gasteiger partial charge < -0.3 is 10.2 Å². The lowest BCUT2D eigenvalue weighted by atomic mass is 9.56. The maximum absolute atomic E-state index is 14.0. The monoisotopic (exact) mass is 602 g/mol. The number of nitrogens with zero attached hydrogens (tertiary/aromatic N) is 2. The van der Waals surface area contributed by atoms with Crippen LogP contribution < -0.4 is 4.90 Å². The number of phenols is 1. The number of alkyl halides is 2. The number of hydrogen-bond acceptors (Lipinski definition) is 6. The summed E-state index contributed by atoms with van der Waals surface area (Å²) >= 11 is 20.4. The van der Waals surface area contributed by atoms with Crippen LogP contribution in [-0.4, -0.2) is 61.5 Å². The minimum absolute atomic E-state index is 0.0920. The van der Waals surface area contributed by atoms with E-state index >= 15 is 0 Å². The van der Waals surface area contributed by atoms with Crippen molar-refractivity contribution in [2.45, 2.75) is 28.5 Å². The molecule has 2 aliphatic carbocycles. The van der Waals surface area contributed by atoms with E-state index in [-0.39, 0.29) is 40.4 Å². The van der Waals surface area contributed by atoms with Gasteiger partial charge in [0.25, 0.3) is 11.8 Å². The zero-order valence-electron chi connectivity index (χ0n) is 20.8. The first-order valence-electron chi connectivity index (χ1n) is 12.4. The Morgan fingerprint density at radius 2 is 1.73 bits per heavy atom. The van der Waals surface area contributed by atoms with Crippen molar-refractivity contribution in [2.24, 2.45) is 17.8 Å². The number of aromatic hydroxyl groups is 1. The standard InChI is InChI=1S/C28H21Cl3N2O7/c1-32-25(39)27(30)11-18-15(21(28(27,31)26(32)40)17-10-13(29)5-8-19(17)34)6-7-16-20(18)23(36)33(22(16)35)14-4-2-3-12(9-14)24(37)38/h2-6,8-10,16,18,20-21,34H,7,11H2,1H3,(H,37,38)/t16-,18+,20-,21+,27+,28-/m0/s1. The average molecular weight is 604 g/mol. The van der Waals surface area contributed by atoms with Crippen LogP contribution in [0.3, 0.4) is 0 Å². The number of fused-ring (bicyclic) bond motifs is 4. The number of rotatable bonds is 3. The van der Waals surface area contributed by atoms with Crippen LogP contribution in [0.15, 0.2) is 54.1 Å². The summed E-state index contributed by atoms with van der Waals surface area (Å²) in [6.07, 6.45) is 1.64. The molecule has 4 aliphatic rings. The third-order valence-electron chi connectivity index (χ3n) is 8.67. The number of carbonyl (C=O) groups is 5. The van der Waals surface area contributed by atoms with E-state index in [2.05, 4.69) is 0 Å². The van der Waals surface area contributed by atoms with Crippen molar-refractivity contribution in [2.75, 3.05) is 11.9 Å². The smallest absolute Gasteiger partial charge is 0.335 e. The Morgan fingerprint density at radius 1 is 1.00 bits per heavy atom. The van der Waals surface area contributed by atoms with E-state index in [0.29, 0.717) is 5.57 Å². The molecular formula is C28H21Cl3N2O7. The molecule has 2 heterocycles. The highest BCUT2D eigenvalue weighted by atomic mass is 35.5. The highest BCUT2D eigenvalue weighted by Gasteiger charge is 2.76. The van der Waals surface area contributed by atoms with Crippen LogP contribution >= 0.6 is 34.8 Å². The average Bonchev–Trinajstić information content (AvgIpc) is 3.25. The van der Waals surface area contributed by atoms with Crippen molar-refractivity contribution >= 4 is 70.1 Å². The molecule has 0 radical (unpaired) electrons. The molecule has 6 atom stereocenters. The molecule has 2 saturated heterocycles. The molecule has 4 amide bonds. The van der Waals surface area contributed by atoms with E-state index in [4.69, 9.17) is 34.8 Å². The second-order valence-electron chi connectivity index (χ2n) is 10.6. The Hall–Kier alpha value is -3.40. The van der Waals surface area contributed by atoms with Gasteiger partial charge in [0.2, 0.25) is 11.8 Å². The van der Waals surface area contributed by atoms with Crippen molar-refractivity contribution in [3.8, 4) is 5.75 Å². The van der Waals surface area contributed by atoms with Crippen LogP contribution in [0.4, 0.5) is 5.69 Å². The summed E-state index contributed by atoms with van der Waals surface area (Å²) in [5, 5.41) is 20.5. The van der Waals surface area contributed by atoms with Crippen molar-refractivity contribution in [1.82, 2.24) is 4.90 Å². The van der Waals surface area contributed by atoms with Crippen LogP contribution in [0.2, 0.25) is 5.02 Å². The summed E-state index contributed by atoms with van der Waals surface area (Å²) in [7, 11) is 1.27. The van der Waals surface area contributed by atoms with Crippen LogP contribution in [-0.2, 0) is 19.2 Å². The van der Waals surface area contributed by atoms with Gasteiger partial charge in [0, 0.05) is 23.6 Å². The van der Waals surface area contributed by atoms with Crippen molar-refractivity contribution in [3.05, 3.63) is 70.3 Å². The maximum atomic E-state index is 14.0. The maximum Gasteiger partial charge on any atom is 0.335 e. The largest absolute Gasteiger partial charge is 0.508 e. The molecule has 0 unspecified atom stereocenters. The van der Waals surface area contributed by atoms with Gasteiger partial charge in [-0.3, -0.25) is 29.0 Å². The molecule has 12 heteroatoms. The van der Waals surface area contributed by atoms with E-state index in [1.165, 1.54) is 49.5 Å². The van der Waals surface area contributed by atoms with Gasteiger partial charge in [0.15, 0.2) is 9.75 Å². The molecule has 206 valence electrons. The highest BCUT2D eigenvalue weighted by molar-refractivity contribution is 6.53. The van der Waals surface area contributed by atoms with Crippen molar-refractivity contribution in [1.29, 1.82) is 0 Å². The predicted molar refractivity (Wildman–Crippen MR) is 144 cm³/mol. The summed E-state index contributed by atoms with van der Waals surface area (Å²) in [6.45, 7) is 0. The third kappa shape index (κ3) is 3.31. The fourth-order valence-corrected chi connectivity index (χ4v) is 8.07. The number of carboxylic acids is 1. The summed E-state index contributed by atoms with van der Waals surface area (Å²) in [5.41, 5.74) is 0.695. The third-order valence-corrected chi connectivity index (χ3v) is 10.3. The zero-order chi connectivity index (χ0) is 28.9. The molecule has 2 aromatic rings. The van der Waals surface area contributed by atoms with E-state index in [9.17, 15) is 34.2 Å². The second-order valence-corrected chi connectivity index (χ2v) is 12.2. The number of benzene rings is 2. The number of anilines is 1. The van der Waals surface area contributed by atoms with Gasteiger partial charge >= 0.3 is 5.97 Å². The van der Waals surface area contributed by atoms with Gasteiger partial charge in [-0.15, -0.1) is 23.2 Å². The van der Waals surface area contributed by atoms with Crippen LogP contribution in [0.5, 0.6) is 5.75 Å². The number of imide groups is 2. The van der Waals surface area contributed by atoms with Gasteiger partial charge in [-0.1, -0.05) is 29.3 Å². The Kier molecular flexibility index (Phi) is 5.90. The Morgan fingerprint density at radius 3 is 2.42 bits per heavy atom. The van der Waals surface area contributed by atoms with E-state index in [0.717, 1.165) is 9.80 Å². The Balaban J connectivity index is 1.52. The summed E-state index contributed by atoms with van der Waals surface area (Å²) in [5.74, 6) is -7.72. The van der Waals surface area contributed by atoms with Crippen LogP contribution in [0.25, 0.3) is 0 Å². The Labute approximate surface area is 242 Å². The molecule has 1 saturated carbocycles. The lowest BCUT2D eigenvalue weighted by Crippen LogP contribution is -2.60. The van der Waals surface area contributed by atoms with Gasteiger partial charge in [-0.2, -0.15) is 0 Å². The number of likely N-dealkylation sites (tertiary alicyclic amines) is 1. The number of phenolic OH excluding ortho intramolecular Hbond substituents is 1. The first kappa shape index (κ1) is 26.8. The van der Waals surface area contributed by atoms with E-state index in [1.54, 1.807) is 6.08 Å². The molecule has 0 spiro atoms. The highest BCUT2D eigenvalue weighted by Crippen LogP contribution is 2.66. The predicted octanol–water partition coefficient (Wildman–Crippen LogP) is 3.94. The number of carbonyl (C=O) groups excluding carboxylic acids is 4. The number of halogens is 3. The topological polar surface area (TPSA) is 132 Å². The summed E-state index contributed by atoms with van der Waals surface area (Å²) in [6, 6.07) is 9.76. The molecule has 6 rings (SSSR count). The van der Waals surface area contributed by atoms with Gasteiger partial charge in [0.1, 0.15) is 5.75 Å². The quantitative estimate of drug-likeness (QED) is 0.309. The summed E-state index contributed by atoms with van der Waals surface area (Å²) < 4.78 is 0. The number of allylic oxidation sites excluding steroid dienone is 2. The van der Waals surface area contributed by atoms with Gasteiger partial charge in [-0.05, 0) is 55.2 Å². The number of carboxylic acid groups (broad SMARTS) is 1. The molecule has 40 heavy (non-hydrogen) atoms. The molecule has 2 aromatic carbocycles. The van der Waals surface area contributed by atoms with Gasteiger partial charge in [0.05, 0.1) is 23.1 Å². The SMILES string of the molecule is CN1C(=O)[C@]2(Cl)C[C@@H]3C(=CC[C@@H]4C(=O)N(c5cccc(C(=O)O)c5)C(=O)[C@@H]43)[C@H](c3cc(Cl)ccc3O)[C@]2(Cl)C1=O. The molecule has 0 aromatic heterocycles. The normalized spacial score (nSPS) is 33.0. The first-order valence-corrected chi connectivity index (χ1v) is 13.6. The Bertz CT molecular complexity index is 1590. The van der Waals surface area contributed by atoms with E-state index < -0.39 is 63.0 Å². The minimum Gasteiger partial charge on any atom is -0.508 e. The van der Waals surface area contributed by atoms with Crippen molar-refractivity contribution < 1.29 is 34.2 Å². The summed E-state index contributed by atoms with van der Waals surface area (Å²) in [4.78, 5) is 63.9. The number of amides is 4. The lowest BCUT2D eigenvalue weighted by Gasteiger charge is -2.50. The van der Waals surface area contributed by atoms with E-state index in [1.807, 2.05) is 0 Å². The number of aromatic carboxylic acids is 1. The fourth-order valence-electron chi connectivity index (χ4n) is 6.88. The molecule has 0 bridgehead atoms. The zero-order valence-corrected chi connectivity index (χ0v) is 23.1. The van der Waals surface area contributed by atoms with Crippen LogP contribution in [0, 0.1) is 17.8 Å². The molecule has 2 N–H and O–H groups in total.